The average Bonchev–Trinajstić information content (AvgIpc) is 3.38. The Kier molecular flexibility index (Phi) is 9.61. The fourth-order valence-corrected chi connectivity index (χ4v) is 8.12. The lowest BCUT2D eigenvalue weighted by molar-refractivity contribution is -0.136. The van der Waals surface area contributed by atoms with Gasteiger partial charge in [-0.05, 0) is 71.1 Å². The molecule has 3 saturated heterocycles. The first-order valence-corrected chi connectivity index (χ1v) is 17.9. The van der Waals surface area contributed by atoms with Crippen LogP contribution in [0.15, 0.2) is 57.9 Å². The summed E-state index contributed by atoms with van der Waals surface area (Å²) in [5.74, 6) is -1.88. The highest BCUT2D eigenvalue weighted by molar-refractivity contribution is 9.10. The van der Waals surface area contributed by atoms with Crippen LogP contribution in [0.25, 0.3) is 0 Å². The molecule has 0 saturated carbocycles. The van der Waals surface area contributed by atoms with Crippen LogP contribution in [0, 0.1) is 0 Å². The summed E-state index contributed by atoms with van der Waals surface area (Å²) in [7, 11) is 3.69. The topological polar surface area (TPSA) is 157 Å². The van der Waals surface area contributed by atoms with Crippen molar-refractivity contribution in [2.24, 2.45) is 7.05 Å². The number of imide groups is 2. The fraction of sp³-hybridized carbons (Fsp3) is 0.417. The lowest BCUT2D eigenvalue weighted by Crippen LogP contribution is -2.54. The smallest absolute Gasteiger partial charge is 0.282 e. The third kappa shape index (κ3) is 6.85. The number of aryl methyl sites for hydroxylation is 1. The van der Waals surface area contributed by atoms with E-state index in [-0.39, 0.29) is 41.8 Å². The van der Waals surface area contributed by atoms with Gasteiger partial charge in [-0.3, -0.25) is 43.9 Å². The molecule has 2 N–H and O–H groups in total. The molecule has 7 rings (SSSR count). The number of piperazine rings is 1. The molecule has 1 aromatic heterocycles. The number of carbonyl (C=O) groups is 5. The summed E-state index contributed by atoms with van der Waals surface area (Å²) in [5, 5.41) is 9.86. The van der Waals surface area contributed by atoms with Gasteiger partial charge in [-0.25, -0.2) is 4.68 Å². The van der Waals surface area contributed by atoms with E-state index in [0.29, 0.717) is 59.6 Å². The number of likely N-dealkylation sites (N-methyl/N-ethyl adjacent to an activating group) is 1. The summed E-state index contributed by atoms with van der Waals surface area (Å²) in [5.41, 5.74) is 3.50. The number of likely N-dealkylation sites (tertiary alicyclic amines) is 1. The van der Waals surface area contributed by atoms with Crippen molar-refractivity contribution in [2.45, 2.75) is 43.8 Å². The molecule has 0 spiro atoms. The minimum Gasteiger partial charge on any atom is -0.379 e. The van der Waals surface area contributed by atoms with Crippen molar-refractivity contribution in [1.29, 1.82) is 0 Å². The largest absolute Gasteiger partial charge is 0.379 e. The zero-order valence-electron chi connectivity index (χ0n) is 28.4. The summed E-state index contributed by atoms with van der Waals surface area (Å²) in [6.45, 7) is 4.33. The molecule has 0 aliphatic carbocycles. The predicted octanol–water partition coefficient (Wildman–Crippen LogP) is 1.80. The Labute approximate surface area is 302 Å². The third-order valence-electron chi connectivity index (χ3n) is 10.3. The predicted molar refractivity (Wildman–Crippen MR) is 190 cm³/mol. The van der Waals surface area contributed by atoms with Gasteiger partial charge in [0.05, 0.1) is 23.0 Å². The number of carbonyl (C=O) groups excluding carboxylic acids is 5. The van der Waals surface area contributed by atoms with Gasteiger partial charge in [-0.2, -0.15) is 5.10 Å². The molecule has 3 atom stereocenters. The maximum Gasteiger partial charge on any atom is 0.282 e. The quantitative estimate of drug-likeness (QED) is 0.341. The van der Waals surface area contributed by atoms with Crippen LogP contribution in [0.3, 0.4) is 0 Å². The number of nitrogens with one attached hydrogen (secondary N) is 2. The Morgan fingerprint density at radius 2 is 1.71 bits per heavy atom. The van der Waals surface area contributed by atoms with Crippen molar-refractivity contribution in [3.05, 3.63) is 91.3 Å². The van der Waals surface area contributed by atoms with Crippen LogP contribution in [0.4, 0.5) is 5.69 Å². The summed E-state index contributed by atoms with van der Waals surface area (Å²) in [6.07, 6.45) is 2.69. The molecule has 51 heavy (non-hydrogen) atoms. The first-order chi connectivity index (χ1) is 24.5. The second-order valence-corrected chi connectivity index (χ2v) is 14.6. The van der Waals surface area contributed by atoms with Crippen molar-refractivity contribution in [3.63, 3.8) is 0 Å². The molecule has 2 aromatic carbocycles. The van der Waals surface area contributed by atoms with Crippen molar-refractivity contribution < 1.29 is 24.0 Å². The molecule has 0 bridgehead atoms. The number of benzene rings is 2. The highest BCUT2D eigenvalue weighted by atomic mass is 79.9. The second kappa shape index (κ2) is 14.1. The van der Waals surface area contributed by atoms with E-state index in [1.54, 1.807) is 25.4 Å². The van der Waals surface area contributed by atoms with Crippen LogP contribution < -0.4 is 16.2 Å². The Bertz CT molecular complexity index is 1970. The summed E-state index contributed by atoms with van der Waals surface area (Å²) >= 11 is 3.41. The van der Waals surface area contributed by atoms with Crippen LogP contribution in [-0.2, 0) is 23.2 Å². The maximum absolute atomic E-state index is 13.5. The monoisotopic (exact) mass is 758 g/mol. The first-order valence-electron chi connectivity index (χ1n) is 17.1. The Hall–Kier alpha value is -4.73. The Morgan fingerprint density at radius 1 is 0.961 bits per heavy atom. The van der Waals surface area contributed by atoms with E-state index in [1.807, 2.05) is 35.2 Å². The van der Waals surface area contributed by atoms with Crippen molar-refractivity contribution >= 4 is 51.2 Å². The van der Waals surface area contributed by atoms with Crippen LogP contribution >= 0.6 is 15.9 Å². The van der Waals surface area contributed by atoms with Crippen molar-refractivity contribution in [1.82, 2.24) is 34.7 Å². The van der Waals surface area contributed by atoms with E-state index in [9.17, 15) is 28.8 Å². The fourth-order valence-electron chi connectivity index (χ4n) is 7.64. The van der Waals surface area contributed by atoms with Gasteiger partial charge in [0.1, 0.15) is 10.5 Å². The highest BCUT2D eigenvalue weighted by Crippen LogP contribution is 2.32. The van der Waals surface area contributed by atoms with E-state index in [4.69, 9.17) is 0 Å². The van der Waals surface area contributed by atoms with E-state index < -0.39 is 29.7 Å². The van der Waals surface area contributed by atoms with Gasteiger partial charge < -0.3 is 15.1 Å². The molecule has 1 unspecified atom stereocenters. The van der Waals surface area contributed by atoms with Crippen LogP contribution in [0.1, 0.15) is 67.4 Å². The summed E-state index contributed by atoms with van der Waals surface area (Å²) in [4.78, 5) is 84.0. The van der Waals surface area contributed by atoms with Gasteiger partial charge in [0, 0.05) is 70.9 Å². The Balaban J connectivity index is 0.952. The van der Waals surface area contributed by atoms with Crippen molar-refractivity contribution in [3.8, 4) is 0 Å². The molecule has 5 heterocycles. The van der Waals surface area contributed by atoms with Gasteiger partial charge in [0.25, 0.3) is 23.3 Å². The Morgan fingerprint density at radius 3 is 2.43 bits per heavy atom. The van der Waals surface area contributed by atoms with E-state index in [1.165, 1.54) is 4.68 Å². The molecular formula is C36H39BrN8O6. The lowest BCUT2D eigenvalue weighted by Gasteiger charge is -2.37. The zero-order chi connectivity index (χ0) is 36.0. The van der Waals surface area contributed by atoms with Gasteiger partial charge in [-0.15, -0.1) is 0 Å². The molecule has 14 nitrogen and oxygen atoms in total. The minimum atomic E-state index is -1.01. The lowest BCUT2D eigenvalue weighted by atomic mass is 9.87. The number of hydrogen-bond acceptors (Lipinski definition) is 10. The molecule has 3 aromatic rings. The number of halogens is 1. The molecule has 4 aliphatic rings. The number of amides is 5. The van der Waals surface area contributed by atoms with E-state index in [2.05, 4.69) is 48.5 Å². The number of hydrogen-bond donors (Lipinski definition) is 2. The zero-order valence-corrected chi connectivity index (χ0v) is 30.0. The number of aromatic nitrogens is 2. The number of nitrogens with zero attached hydrogens (tertiary/aromatic N) is 6. The molecule has 266 valence electrons. The van der Waals surface area contributed by atoms with Crippen LogP contribution in [-0.4, -0.2) is 117 Å². The standard InChI is InChI=1S/C36H39BrN8O6/c1-41-18-24(16-25(20-41)39-27-17-38-42(2)36(51)31(27)37)21-6-8-22(9-7-21)33(48)44-14-12-43(13-15-44)19-23-4-3-5-26-30(23)35(50)45(34(26)49)28-10-11-29(46)40-32(28)47/h3-9,17,24-25,28,39H,10-16,18-20H2,1-2H3,(H,40,46,47)/t24-,25+,28?/m1/s1. The van der Waals surface area contributed by atoms with Crippen molar-refractivity contribution in [2.75, 3.05) is 51.6 Å². The molecule has 3 fully saturated rings. The number of piperidine rings is 2. The first kappa shape index (κ1) is 34.7. The number of anilines is 1. The van der Waals surface area contributed by atoms with E-state index >= 15 is 0 Å². The van der Waals surface area contributed by atoms with Gasteiger partial charge in [-0.1, -0.05) is 24.3 Å². The van der Waals surface area contributed by atoms with E-state index in [0.717, 1.165) is 30.0 Å². The van der Waals surface area contributed by atoms with Crippen LogP contribution in [0.5, 0.6) is 0 Å². The summed E-state index contributed by atoms with van der Waals surface area (Å²) in [6, 6.07) is 12.1. The van der Waals surface area contributed by atoms with Gasteiger partial charge >= 0.3 is 0 Å². The molecule has 0 radical (unpaired) electrons. The second-order valence-electron chi connectivity index (χ2n) is 13.8. The summed E-state index contributed by atoms with van der Waals surface area (Å²) < 4.78 is 1.75. The third-order valence-corrected chi connectivity index (χ3v) is 11.1. The van der Waals surface area contributed by atoms with Crippen LogP contribution in [0.2, 0.25) is 0 Å². The molecular weight excluding hydrogens is 720 g/mol. The molecule has 4 aliphatic heterocycles. The molecule has 15 heteroatoms. The SMILES string of the molecule is CN1C[C@@H](Nc2cnn(C)c(=O)c2Br)C[C@@H](c2ccc(C(=O)N3CCN(Cc4cccc5c4C(=O)N(C4CCC(=O)NC4=O)C5=O)CC3)cc2)C1. The number of fused-ring (bicyclic) bond motifs is 1. The van der Waals surface area contributed by atoms with Gasteiger partial charge in [0.15, 0.2) is 0 Å². The average molecular weight is 760 g/mol. The highest BCUT2D eigenvalue weighted by Gasteiger charge is 2.45. The maximum atomic E-state index is 13.5. The molecule has 5 amide bonds. The number of rotatable bonds is 7. The van der Waals surface area contributed by atoms with Gasteiger partial charge in [0.2, 0.25) is 11.8 Å². The normalized spacial score (nSPS) is 23.0. The minimum absolute atomic E-state index is 0.0363.